The standard InChI is InChI=1S/C17H13BrO2/c18-16-4-2-1-3-12(16)9-13-6-5-11-7-8-14(19)10-15(11)17(13)20/h1-4,7-10,19H,5-6H2/b13-9+. The van der Waals surface area contributed by atoms with Crippen molar-refractivity contribution in [2.75, 3.05) is 0 Å². The van der Waals surface area contributed by atoms with E-state index in [-0.39, 0.29) is 11.5 Å². The average Bonchev–Trinajstić information content (AvgIpc) is 2.45. The van der Waals surface area contributed by atoms with E-state index in [1.54, 1.807) is 12.1 Å². The van der Waals surface area contributed by atoms with Gasteiger partial charge in [0.25, 0.3) is 0 Å². The van der Waals surface area contributed by atoms with Gasteiger partial charge in [-0.05, 0) is 48.2 Å². The molecule has 0 atom stereocenters. The number of halogens is 1. The first-order chi connectivity index (χ1) is 9.65. The summed E-state index contributed by atoms with van der Waals surface area (Å²) in [4.78, 5) is 12.5. The Morgan fingerprint density at radius 2 is 1.90 bits per heavy atom. The van der Waals surface area contributed by atoms with Crippen LogP contribution in [0.2, 0.25) is 0 Å². The minimum Gasteiger partial charge on any atom is -0.508 e. The summed E-state index contributed by atoms with van der Waals surface area (Å²) in [6.45, 7) is 0. The summed E-state index contributed by atoms with van der Waals surface area (Å²) in [6.07, 6.45) is 3.50. The quantitative estimate of drug-likeness (QED) is 0.789. The Hall–Kier alpha value is -1.87. The summed E-state index contributed by atoms with van der Waals surface area (Å²) in [5.74, 6) is 0.150. The molecular formula is C17H13BrO2. The molecule has 0 heterocycles. The van der Waals surface area contributed by atoms with Gasteiger partial charge in [0.2, 0.25) is 0 Å². The zero-order chi connectivity index (χ0) is 14.1. The molecule has 1 N–H and O–H groups in total. The second-order valence-corrected chi connectivity index (χ2v) is 5.72. The fourth-order valence-corrected chi connectivity index (χ4v) is 2.87. The molecule has 100 valence electrons. The van der Waals surface area contributed by atoms with E-state index in [0.29, 0.717) is 5.56 Å². The number of carbonyl (C=O) groups is 1. The molecule has 20 heavy (non-hydrogen) atoms. The summed E-state index contributed by atoms with van der Waals surface area (Å²) in [5.41, 5.74) is 3.42. The largest absolute Gasteiger partial charge is 0.508 e. The fraction of sp³-hybridized carbons (Fsp3) is 0.118. The number of carbonyl (C=O) groups excluding carboxylic acids is 1. The first-order valence-corrected chi connectivity index (χ1v) is 7.26. The van der Waals surface area contributed by atoms with E-state index in [2.05, 4.69) is 15.9 Å². The third-order valence-corrected chi connectivity index (χ3v) is 4.25. The van der Waals surface area contributed by atoms with E-state index in [1.165, 1.54) is 0 Å². The SMILES string of the molecule is O=C1/C(=C/c2ccccc2Br)CCc2ccc(O)cc21. The van der Waals surface area contributed by atoms with Crippen LogP contribution in [-0.2, 0) is 6.42 Å². The molecule has 1 aliphatic rings. The fourth-order valence-electron chi connectivity index (χ4n) is 2.47. The molecule has 2 aromatic rings. The van der Waals surface area contributed by atoms with Crippen molar-refractivity contribution in [2.24, 2.45) is 0 Å². The lowest BCUT2D eigenvalue weighted by Gasteiger charge is -2.17. The highest BCUT2D eigenvalue weighted by molar-refractivity contribution is 9.10. The van der Waals surface area contributed by atoms with Crippen molar-refractivity contribution in [1.29, 1.82) is 0 Å². The van der Waals surface area contributed by atoms with Crippen molar-refractivity contribution in [1.82, 2.24) is 0 Å². The van der Waals surface area contributed by atoms with E-state index in [4.69, 9.17) is 0 Å². The third kappa shape index (κ3) is 2.41. The first-order valence-electron chi connectivity index (χ1n) is 6.47. The lowest BCUT2D eigenvalue weighted by Crippen LogP contribution is -2.13. The van der Waals surface area contributed by atoms with Crippen LogP contribution >= 0.6 is 15.9 Å². The van der Waals surface area contributed by atoms with Crippen molar-refractivity contribution >= 4 is 27.8 Å². The van der Waals surface area contributed by atoms with Gasteiger partial charge in [-0.3, -0.25) is 4.79 Å². The van der Waals surface area contributed by atoms with Crippen LogP contribution in [0, 0.1) is 0 Å². The number of aryl methyl sites for hydroxylation is 1. The number of benzene rings is 2. The lowest BCUT2D eigenvalue weighted by molar-refractivity contribution is 0.102. The predicted octanol–water partition coefficient (Wildman–Crippen LogP) is 4.37. The number of allylic oxidation sites excluding steroid dienone is 1. The highest BCUT2D eigenvalue weighted by atomic mass is 79.9. The molecule has 2 aromatic carbocycles. The van der Waals surface area contributed by atoms with Gasteiger partial charge in [0.1, 0.15) is 5.75 Å². The van der Waals surface area contributed by atoms with Gasteiger partial charge < -0.3 is 5.11 Å². The monoisotopic (exact) mass is 328 g/mol. The molecule has 0 radical (unpaired) electrons. The molecule has 0 bridgehead atoms. The molecule has 0 aliphatic heterocycles. The molecule has 3 heteroatoms. The van der Waals surface area contributed by atoms with E-state index in [9.17, 15) is 9.90 Å². The second kappa shape index (κ2) is 5.25. The minimum atomic E-state index is 0.0119. The first kappa shape index (κ1) is 13.1. The number of ketones is 1. The van der Waals surface area contributed by atoms with Crippen molar-refractivity contribution in [3.63, 3.8) is 0 Å². The van der Waals surface area contributed by atoms with Gasteiger partial charge in [-0.2, -0.15) is 0 Å². The minimum absolute atomic E-state index is 0.0119. The Balaban J connectivity index is 2.02. The summed E-state index contributed by atoms with van der Waals surface area (Å²) in [5, 5.41) is 9.55. The summed E-state index contributed by atoms with van der Waals surface area (Å²) in [6, 6.07) is 12.9. The molecule has 0 unspecified atom stereocenters. The number of phenolic OH excluding ortho intramolecular Hbond substituents is 1. The zero-order valence-electron chi connectivity index (χ0n) is 10.8. The van der Waals surface area contributed by atoms with Crippen LogP contribution in [0.5, 0.6) is 5.75 Å². The maximum atomic E-state index is 12.5. The number of fused-ring (bicyclic) bond motifs is 1. The number of aromatic hydroxyl groups is 1. The second-order valence-electron chi connectivity index (χ2n) is 4.86. The van der Waals surface area contributed by atoms with E-state index < -0.39 is 0 Å². The van der Waals surface area contributed by atoms with Gasteiger partial charge in [-0.15, -0.1) is 0 Å². The molecule has 0 fully saturated rings. The Labute approximate surface area is 125 Å². The van der Waals surface area contributed by atoms with Gasteiger partial charge >= 0.3 is 0 Å². The van der Waals surface area contributed by atoms with E-state index in [1.807, 2.05) is 36.4 Å². The molecular weight excluding hydrogens is 316 g/mol. The van der Waals surface area contributed by atoms with Gasteiger partial charge in [-0.25, -0.2) is 0 Å². The van der Waals surface area contributed by atoms with Crippen LogP contribution in [0.3, 0.4) is 0 Å². The highest BCUT2D eigenvalue weighted by Gasteiger charge is 2.22. The van der Waals surface area contributed by atoms with Crippen LogP contribution in [-0.4, -0.2) is 10.9 Å². The van der Waals surface area contributed by atoms with Crippen molar-refractivity contribution < 1.29 is 9.90 Å². The molecule has 1 aliphatic carbocycles. The van der Waals surface area contributed by atoms with Crippen LogP contribution in [0.25, 0.3) is 6.08 Å². The average molecular weight is 329 g/mol. The van der Waals surface area contributed by atoms with E-state index >= 15 is 0 Å². The maximum absolute atomic E-state index is 12.5. The molecule has 3 rings (SSSR count). The van der Waals surface area contributed by atoms with Crippen LogP contribution in [0.1, 0.15) is 27.9 Å². The number of Topliss-reactive ketones (excluding diaryl/α,β-unsaturated/α-hetero) is 1. The number of hydrogen-bond donors (Lipinski definition) is 1. The Morgan fingerprint density at radius 1 is 1.10 bits per heavy atom. The topological polar surface area (TPSA) is 37.3 Å². The molecule has 0 saturated carbocycles. The molecule has 0 saturated heterocycles. The van der Waals surface area contributed by atoms with Crippen LogP contribution in [0.4, 0.5) is 0 Å². The normalized spacial score (nSPS) is 16.2. The Kier molecular flexibility index (Phi) is 3.45. The third-order valence-electron chi connectivity index (χ3n) is 3.53. The number of rotatable bonds is 1. The van der Waals surface area contributed by atoms with E-state index in [0.717, 1.165) is 34.0 Å². The molecule has 0 amide bonds. The van der Waals surface area contributed by atoms with Crippen molar-refractivity contribution in [3.05, 3.63) is 69.2 Å². The van der Waals surface area contributed by atoms with Crippen LogP contribution in [0.15, 0.2) is 52.5 Å². The number of phenols is 1. The number of hydrogen-bond acceptors (Lipinski definition) is 2. The summed E-state index contributed by atoms with van der Waals surface area (Å²) < 4.78 is 0.974. The smallest absolute Gasteiger partial charge is 0.189 e. The van der Waals surface area contributed by atoms with Crippen LogP contribution < -0.4 is 0 Å². The van der Waals surface area contributed by atoms with Gasteiger partial charge in [0.05, 0.1) is 0 Å². The predicted molar refractivity (Wildman–Crippen MR) is 82.9 cm³/mol. The Bertz CT molecular complexity index is 717. The maximum Gasteiger partial charge on any atom is 0.189 e. The summed E-state index contributed by atoms with van der Waals surface area (Å²) in [7, 11) is 0. The lowest BCUT2D eigenvalue weighted by atomic mass is 9.86. The highest BCUT2D eigenvalue weighted by Crippen LogP contribution is 2.30. The summed E-state index contributed by atoms with van der Waals surface area (Å²) >= 11 is 3.49. The van der Waals surface area contributed by atoms with Gasteiger partial charge in [-0.1, -0.05) is 40.2 Å². The molecule has 0 spiro atoms. The zero-order valence-corrected chi connectivity index (χ0v) is 12.4. The molecule has 0 aromatic heterocycles. The van der Waals surface area contributed by atoms with Crippen molar-refractivity contribution in [2.45, 2.75) is 12.8 Å². The Morgan fingerprint density at radius 3 is 2.70 bits per heavy atom. The van der Waals surface area contributed by atoms with Gasteiger partial charge in [0, 0.05) is 15.6 Å². The molecule has 2 nitrogen and oxygen atoms in total. The van der Waals surface area contributed by atoms with Crippen molar-refractivity contribution in [3.8, 4) is 5.75 Å². The van der Waals surface area contributed by atoms with Gasteiger partial charge in [0.15, 0.2) is 5.78 Å².